The molecule has 0 heterocycles. The van der Waals surface area contributed by atoms with Gasteiger partial charge in [-0.2, -0.15) is 0 Å². The monoisotopic (exact) mass is 210 g/mol. The van der Waals surface area contributed by atoms with Crippen molar-refractivity contribution in [1.29, 1.82) is 0 Å². The molecule has 3 nitrogen and oxygen atoms in total. The molecule has 0 aliphatic heterocycles. The average molecular weight is 210 g/mol. The predicted molar refractivity (Wildman–Crippen MR) is 58.9 cm³/mol. The first-order valence-corrected chi connectivity index (χ1v) is 4.93. The topological polar surface area (TPSA) is 49.7 Å². The van der Waals surface area contributed by atoms with Gasteiger partial charge in [-0.1, -0.05) is 26.0 Å². The van der Waals surface area contributed by atoms with E-state index in [2.05, 4.69) is 0 Å². The molecule has 3 heteroatoms. The molecule has 1 aromatic rings. The highest BCUT2D eigenvalue weighted by atomic mass is 16.5. The average Bonchev–Trinajstić information content (AvgIpc) is 2.21. The van der Waals surface area contributed by atoms with Crippen molar-refractivity contribution < 1.29 is 14.9 Å². The molecule has 0 bridgehead atoms. The number of hydrogen-bond donors (Lipinski definition) is 2. The highest BCUT2D eigenvalue weighted by Gasteiger charge is 2.20. The third kappa shape index (κ3) is 2.70. The standard InChI is InChI=1S/C12H18O3/c1-12(2,8-13)10-5-4-9(7-15-3)11(14)6-10/h4-6,13-14H,7-8H2,1-3H3. The van der Waals surface area contributed by atoms with E-state index >= 15 is 0 Å². The fraction of sp³-hybridized carbons (Fsp3) is 0.500. The second-order valence-electron chi connectivity index (χ2n) is 4.32. The van der Waals surface area contributed by atoms with Gasteiger partial charge in [0.1, 0.15) is 5.75 Å². The lowest BCUT2D eigenvalue weighted by molar-refractivity contribution is 0.181. The number of hydrogen-bond acceptors (Lipinski definition) is 3. The third-order valence-corrected chi connectivity index (χ3v) is 2.56. The van der Waals surface area contributed by atoms with Gasteiger partial charge in [-0.25, -0.2) is 0 Å². The van der Waals surface area contributed by atoms with Crippen LogP contribution in [0.3, 0.4) is 0 Å². The van der Waals surface area contributed by atoms with Crippen molar-refractivity contribution in [3.63, 3.8) is 0 Å². The molecule has 0 aromatic heterocycles. The van der Waals surface area contributed by atoms with Gasteiger partial charge < -0.3 is 14.9 Å². The summed E-state index contributed by atoms with van der Waals surface area (Å²) in [5, 5.41) is 18.9. The Morgan fingerprint density at radius 3 is 2.47 bits per heavy atom. The van der Waals surface area contributed by atoms with Gasteiger partial charge >= 0.3 is 0 Å². The van der Waals surface area contributed by atoms with Crippen molar-refractivity contribution in [3.8, 4) is 5.75 Å². The molecule has 1 rings (SSSR count). The molecule has 0 fully saturated rings. The van der Waals surface area contributed by atoms with E-state index in [0.29, 0.717) is 6.61 Å². The van der Waals surface area contributed by atoms with Crippen molar-refractivity contribution >= 4 is 0 Å². The van der Waals surface area contributed by atoms with E-state index in [1.807, 2.05) is 26.0 Å². The number of methoxy groups -OCH3 is 1. The number of ether oxygens (including phenoxy) is 1. The Labute approximate surface area is 90.3 Å². The van der Waals surface area contributed by atoms with Crippen LogP contribution >= 0.6 is 0 Å². The molecule has 84 valence electrons. The second-order valence-corrected chi connectivity index (χ2v) is 4.32. The first-order chi connectivity index (χ1) is 7.01. The largest absolute Gasteiger partial charge is 0.508 e. The second kappa shape index (κ2) is 4.64. The Hall–Kier alpha value is -1.06. The molecule has 1 aromatic carbocycles. The lowest BCUT2D eigenvalue weighted by atomic mass is 9.85. The first kappa shape index (κ1) is 12.0. The number of aliphatic hydroxyl groups excluding tert-OH is 1. The molecule has 0 aliphatic carbocycles. The van der Waals surface area contributed by atoms with E-state index in [0.717, 1.165) is 11.1 Å². The zero-order valence-electron chi connectivity index (χ0n) is 9.45. The van der Waals surface area contributed by atoms with Crippen LogP contribution in [0.25, 0.3) is 0 Å². The fourth-order valence-electron chi connectivity index (χ4n) is 1.35. The van der Waals surface area contributed by atoms with Gasteiger partial charge in [-0.15, -0.1) is 0 Å². The quantitative estimate of drug-likeness (QED) is 0.796. The number of rotatable bonds is 4. The van der Waals surface area contributed by atoms with Gasteiger partial charge in [-0.3, -0.25) is 0 Å². The number of aliphatic hydroxyl groups is 1. The molecule has 0 aliphatic rings. The van der Waals surface area contributed by atoms with Crippen LogP contribution < -0.4 is 0 Å². The summed E-state index contributed by atoms with van der Waals surface area (Å²) < 4.78 is 4.95. The molecule has 15 heavy (non-hydrogen) atoms. The van der Waals surface area contributed by atoms with Crippen molar-refractivity contribution in [2.24, 2.45) is 0 Å². The lowest BCUT2D eigenvalue weighted by Gasteiger charge is -2.22. The van der Waals surface area contributed by atoms with Crippen molar-refractivity contribution in [2.75, 3.05) is 13.7 Å². The first-order valence-electron chi connectivity index (χ1n) is 4.93. The SMILES string of the molecule is COCc1ccc(C(C)(C)CO)cc1O. The van der Waals surface area contributed by atoms with Crippen molar-refractivity contribution in [2.45, 2.75) is 25.9 Å². The molecule has 0 spiro atoms. The minimum atomic E-state index is -0.330. The minimum absolute atomic E-state index is 0.0517. The highest BCUT2D eigenvalue weighted by molar-refractivity contribution is 5.39. The summed E-state index contributed by atoms with van der Waals surface area (Å²) in [5.41, 5.74) is 1.35. The van der Waals surface area contributed by atoms with E-state index < -0.39 is 0 Å². The van der Waals surface area contributed by atoms with E-state index in [1.54, 1.807) is 13.2 Å². The molecule has 0 saturated heterocycles. The number of benzene rings is 1. The van der Waals surface area contributed by atoms with Crippen LogP contribution in [-0.4, -0.2) is 23.9 Å². The van der Waals surface area contributed by atoms with E-state index in [-0.39, 0.29) is 17.8 Å². The normalized spacial score (nSPS) is 11.7. The molecule has 2 N–H and O–H groups in total. The fourth-order valence-corrected chi connectivity index (χ4v) is 1.35. The van der Waals surface area contributed by atoms with Crippen LogP contribution in [0.5, 0.6) is 5.75 Å². The molecule has 0 unspecified atom stereocenters. The summed E-state index contributed by atoms with van der Waals surface area (Å²) in [6, 6.07) is 5.42. The Morgan fingerprint density at radius 1 is 1.33 bits per heavy atom. The Kier molecular flexibility index (Phi) is 3.72. The molecular weight excluding hydrogens is 192 g/mol. The number of phenolic OH excluding ortho intramolecular Hbond substituents is 1. The van der Waals surface area contributed by atoms with Gasteiger partial charge in [0.25, 0.3) is 0 Å². The summed E-state index contributed by atoms with van der Waals surface area (Å²) in [6.07, 6.45) is 0. The Morgan fingerprint density at radius 2 is 2.00 bits per heavy atom. The predicted octanol–water partition coefficient (Wildman–Crippen LogP) is 1.81. The molecular formula is C12H18O3. The molecule has 0 amide bonds. The lowest BCUT2D eigenvalue weighted by Crippen LogP contribution is -2.21. The maximum absolute atomic E-state index is 9.72. The molecule has 0 radical (unpaired) electrons. The van der Waals surface area contributed by atoms with Crippen molar-refractivity contribution in [1.82, 2.24) is 0 Å². The minimum Gasteiger partial charge on any atom is -0.508 e. The number of aromatic hydroxyl groups is 1. The summed E-state index contributed by atoms with van der Waals surface area (Å²) in [6.45, 7) is 4.30. The van der Waals surface area contributed by atoms with E-state index in [4.69, 9.17) is 4.74 Å². The van der Waals surface area contributed by atoms with E-state index in [1.165, 1.54) is 0 Å². The van der Waals surface area contributed by atoms with Gasteiger partial charge in [0.15, 0.2) is 0 Å². The zero-order chi connectivity index (χ0) is 11.5. The zero-order valence-corrected chi connectivity index (χ0v) is 9.45. The van der Waals surface area contributed by atoms with Crippen LogP contribution in [0, 0.1) is 0 Å². The molecule has 0 saturated carbocycles. The Balaban J connectivity index is 3.01. The van der Waals surface area contributed by atoms with Crippen molar-refractivity contribution in [3.05, 3.63) is 29.3 Å². The maximum Gasteiger partial charge on any atom is 0.121 e. The van der Waals surface area contributed by atoms with Crippen LogP contribution in [0.1, 0.15) is 25.0 Å². The highest BCUT2D eigenvalue weighted by Crippen LogP contribution is 2.28. The third-order valence-electron chi connectivity index (χ3n) is 2.56. The summed E-state index contributed by atoms with van der Waals surface area (Å²) in [7, 11) is 1.59. The van der Waals surface area contributed by atoms with Crippen LogP contribution in [0.15, 0.2) is 18.2 Å². The maximum atomic E-state index is 9.72. The molecule has 0 atom stereocenters. The smallest absolute Gasteiger partial charge is 0.121 e. The van der Waals surface area contributed by atoms with Crippen LogP contribution in [0.2, 0.25) is 0 Å². The van der Waals surface area contributed by atoms with Gasteiger partial charge in [0, 0.05) is 18.1 Å². The summed E-state index contributed by atoms with van der Waals surface area (Å²) in [5.74, 6) is 0.218. The van der Waals surface area contributed by atoms with Crippen LogP contribution in [0.4, 0.5) is 0 Å². The van der Waals surface area contributed by atoms with Gasteiger partial charge in [-0.05, 0) is 11.6 Å². The summed E-state index contributed by atoms with van der Waals surface area (Å²) >= 11 is 0. The van der Waals surface area contributed by atoms with Gasteiger partial charge in [0.05, 0.1) is 13.2 Å². The van der Waals surface area contributed by atoms with Crippen LogP contribution in [-0.2, 0) is 16.8 Å². The number of phenols is 1. The van der Waals surface area contributed by atoms with E-state index in [9.17, 15) is 10.2 Å². The summed E-state index contributed by atoms with van der Waals surface area (Å²) in [4.78, 5) is 0. The van der Waals surface area contributed by atoms with Gasteiger partial charge in [0.2, 0.25) is 0 Å². The Bertz CT molecular complexity index is 332.